The second kappa shape index (κ2) is 7.29. The summed E-state index contributed by atoms with van der Waals surface area (Å²) in [5.41, 5.74) is 0. The minimum absolute atomic E-state index is 0.112. The molecule has 2 N–H and O–H groups in total. The van der Waals surface area contributed by atoms with E-state index in [1.54, 1.807) is 6.20 Å². The molecule has 1 fully saturated rings. The molecule has 0 aromatic carbocycles. The van der Waals surface area contributed by atoms with Crippen LogP contribution in [0, 0.1) is 0 Å². The van der Waals surface area contributed by atoms with Crippen molar-refractivity contribution in [3.8, 4) is 0 Å². The van der Waals surface area contributed by atoms with Crippen molar-refractivity contribution in [1.82, 2.24) is 29.5 Å². The molecule has 3 aromatic rings. The summed E-state index contributed by atoms with van der Waals surface area (Å²) in [7, 11) is -3.53. The molecule has 140 valence electrons. The molecule has 0 radical (unpaired) electrons. The second-order valence-electron chi connectivity index (χ2n) is 5.92. The van der Waals surface area contributed by atoms with Crippen molar-refractivity contribution in [1.29, 1.82) is 0 Å². The molecule has 0 bridgehead atoms. The van der Waals surface area contributed by atoms with Crippen LogP contribution >= 0.6 is 0 Å². The number of hydrogen-bond acceptors (Lipinski definition) is 8. The number of nitrogens with zero attached hydrogens (tertiary/aromatic N) is 6. The lowest BCUT2D eigenvalue weighted by atomic mass is 10.3. The van der Waals surface area contributed by atoms with Crippen molar-refractivity contribution in [2.24, 2.45) is 0 Å². The third-order valence-electron chi connectivity index (χ3n) is 4.23. The highest BCUT2D eigenvalue weighted by Gasteiger charge is 2.29. The Hall–Kier alpha value is -3.05. The van der Waals surface area contributed by atoms with E-state index in [-0.39, 0.29) is 5.03 Å². The Balaban J connectivity index is 1.38. The fraction of sp³-hybridized carbons (Fsp3) is 0.250. The molecule has 0 saturated carbocycles. The summed E-state index contributed by atoms with van der Waals surface area (Å²) in [6.45, 7) is 1.82. The van der Waals surface area contributed by atoms with Crippen LogP contribution in [-0.2, 0) is 10.0 Å². The van der Waals surface area contributed by atoms with Gasteiger partial charge >= 0.3 is 0 Å². The van der Waals surface area contributed by atoms with E-state index in [0.717, 1.165) is 0 Å². The van der Waals surface area contributed by atoms with Crippen LogP contribution in [0.2, 0.25) is 0 Å². The molecule has 1 aliphatic rings. The van der Waals surface area contributed by atoms with Gasteiger partial charge in [0, 0.05) is 32.4 Å². The lowest BCUT2D eigenvalue weighted by Gasteiger charge is -2.34. The van der Waals surface area contributed by atoms with Crippen molar-refractivity contribution in [2.45, 2.75) is 5.03 Å². The molecule has 11 heteroatoms. The quantitative estimate of drug-likeness (QED) is 0.662. The molecule has 1 saturated heterocycles. The van der Waals surface area contributed by atoms with Gasteiger partial charge in [-0.3, -0.25) is 0 Å². The van der Waals surface area contributed by atoms with Gasteiger partial charge in [0.05, 0.1) is 12.5 Å². The Labute approximate surface area is 156 Å². The Morgan fingerprint density at radius 3 is 2.48 bits per heavy atom. The third-order valence-corrected chi connectivity index (χ3v) is 6.05. The van der Waals surface area contributed by atoms with Crippen LogP contribution in [0.15, 0.2) is 54.1 Å². The standard InChI is InChI=1S/C16H18N8O2S/c25-27(26,16-11-17-12-19-16)24-9-7-23(8-10-24)15-5-4-14(21-22-15)20-13-3-1-2-6-18-13/h1-6,11-12H,7-10H2,(H,17,19)(H,18,20,21). The summed E-state index contributed by atoms with van der Waals surface area (Å²) >= 11 is 0. The largest absolute Gasteiger partial charge is 0.352 e. The highest BCUT2D eigenvalue weighted by atomic mass is 32.2. The SMILES string of the molecule is O=S(=O)(c1cnc[nH]1)N1CCN(c2ccc(Nc3ccccn3)nn2)CC1. The first-order chi connectivity index (χ1) is 13.1. The number of sulfonamides is 1. The van der Waals surface area contributed by atoms with Crippen molar-refractivity contribution in [3.05, 3.63) is 49.1 Å². The molecule has 0 amide bonds. The normalized spacial score (nSPS) is 15.6. The average Bonchev–Trinajstić information content (AvgIpc) is 3.25. The topological polar surface area (TPSA) is 120 Å². The Morgan fingerprint density at radius 1 is 1.00 bits per heavy atom. The second-order valence-corrected chi connectivity index (χ2v) is 7.83. The number of anilines is 3. The number of piperazine rings is 1. The van der Waals surface area contributed by atoms with E-state index in [9.17, 15) is 8.42 Å². The number of hydrogen-bond donors (Lipinski definition) is 2. The van der Waals surface area contributed by atoms with Crippen LogP contribution in [0.4, 0.5) is 17.5 Å². The maximum Gasteiger partial charge on any atom is 0.260 e. The van der Waals surface area contributed by atoms with Crippen LogP contribution in [0.25, 0.3) is 0 Å². The van der Waals surface area contributed by atoms with Crippen LogP contribution in [0.5, 0.6) is 0 Å². The fourth-order valence-corrected chi connectivity index (χ4v) is 4.13. The van der Waals surface area contributed by atoms with Gasteiger partial charge in [0.25, 0.3) is 10.0 Å². The molecule has 3 aromatic heterocycles. The van der Waals surface area contributed by atoms with Crippen LogP contribution in [0.3, 0.4) is 0 Å². The summed E-state index contributed by atoms with van der Waals surface area (Å²) < 4.78 is 26.5. The van der Waals surface area contributed by atoms with E-state index in [0.29, 0.717) is 43.6 Å². The van der Waals surface area contributed by atoms with Gasteiger partial charge in [0.1, 0.15) is 5.82 Å². The molecule has 0 aliphatic carbocycles. The predicted octanol–water partition coefficient (Wildman–Crippen LogP) is 0.849. The smallest absolute Gasteiger partial charge is 0.260 e. The Morgan fingerprint density at radius 2 is 1.85 bits per heavy atom. The minimum Gasteiger partial charge on any atom is -0.352 e. The van der Waals surface area contributed by atoms with E-state index < -0.39 is 10.0 Å². The summed E-state index contributed by atoms with van der Waals surface area (Å²) in [6.07, 6.45) is 4.38. The molecular weight excluding hydrogens is 368 g/mol. The first kappa shape index (κ1) is 17.4. The van der Waals surface area contributed by atoms with Gasteiger partial charge in [-0.05, 0) is 24.3 Å². The lowest BCUT2D eigenvalue weighted by molar-refractivity contribution is 0.382. The zero-order valence-corrected chi connectivity index (χ0v) is 15.2. The molecular formula is C16H18N8O2S. The number of H-pyrrole nitrogens is 1. The van der Waals surface area contributed by atoms with Gasteiger partial charge in [-0.15, -0.1) is 10.2 Å². The van der Waals surface area contributed by atoms with Crippen LogP contribution in [-0.4, -0.2) is 64.1 Å². The summed E-state index contributed by atoms with van der Waals surface area (Å²) in [5.74, 6) is 2.00. The number of aromatic amines is 1. The number of nitrogens with one attached hydrogen (secondary N) is 2. The number of imidazole rings is 1. The number of aromatic nitrogens is 5. The lowest BCUT2D eigenvalue weighted by Crippen LogP contribution is -2.49. The van der Waals surface area contributed by atoms with E-state index in [2.05, 4.69) is 30.5 Å². The number of rotatable bonds is 5. The minimum atomic E-state index is -3.53. The predicted molar refractivity (Wildman–Crippen MR) is 99.1 cm³/mol. The average molecular weight is 386 g/mol. The first-order valence-electron chi connectivity index (χ1n) is 8.38. The van der Waals surface area contributed by atoms with Gasteiger partial charge in [0.2, 0.25) is 0 Å². The van der Waals surface area contributed by atoms with Crippen molar-refractivity contribution in [3.63, 3.8) is 0 Å². The molecule has 10 nitrogen and oxygen atoms in total. The maximum atomic E-state index is 12.5. The zero-order valence-electron chi connectivity index (χ0n) is 14.4. The molecule has 27 heavy (non-hydrogen) atoms. The molecule has 0 atom stereocenters. The van der Waals surface area contributed by atoms with Crippen LogP contribution < -0.4 is 10.2 Å². The van der Waals surface area contributed by atoms with Gasteiger partial charge in [-0.2, -0.15) is 4.31 Å². The highest BCUT2D eigenvalue weighted by molar-refractivity contribution is 7.89. The summed E-state index contributed by atoms with van der Waals surface area (Å²) in [6, 6.07) is 9.25. The Bertz CT molecular complexity index is 969. The van der Waals surface area contributed by atoms with Crippen LogP contribution in [0.1, 0.15) is 0 Å². The molecule has 4 rings (SSSR count). The molecule has 0 spiro atoms. The van der Waals surface area contributed by atoms with E-state index >= 15 is 0 Å². The number of pyridine rings is 1. The molecule has 1 aliphatic heterocycles. The third kappa shape index (κ3) is 3.73. The van der Waals surface area contributed by atoms with Gasteiger partial charge in [-0.25, -0.2) is 18.4 Å². The molecule has 0 unspecified atom stereocenters. The summed E-state index contributed by atoms with van der Waals surface area (Å²) in [4.78, 5) is 12.6. The first-order valence-corrected chi connectivity index (χ1v) is 9.82. The van der Waals surface area contributed by atoms with E-state index in [1.165, 1.54) is 16.8 Å². The van der Waals surface area contributed by atoms with Gasteiger partial charge < -0.3 is 15.2 Å². The Kier molecular flexibility index (Phi) is 4.69. The van der Waals surface area contributed by atoms with E-state index in [4.69, 9.17) is 0 Å². The van der Waals surface area contributed by atoms with Gasteiger partial charge in [-0.1, -0.05) is 6.07 Å². The molecule has 4 heterocycles. The van der Waals surface area contributed by atoms with Crippen molar-refractivity contribution >= 4 is 27.5 Å². The maximum absolute atomic E-state index is 12.5. The zero-order chi connectivity index (χ0) is 18.7. The van der Waals surface area contributed by atoms with E-state index in [1.807, 2.05) is 35.2 Å². The van der Waals surface area contributed by atoms with Crippen molar-refractivity contribution in [2.75, 3.05) is 36.4 Å². The monoisotopic (exact) mass is 386 g/mol. The fourth-order valence-electron chi connectivity index (χ4n) is 2.81. The highest BCUT2D eigenvalue weighted by Crippen LogP contribution is 2.19. The van der Waals surface area contributed by atoms with Crippen molar-refractivity contribution < 1.29 is 8.42 Å². The summed E-state index contributed by atoms with van der Waals surface area (Å²) in [5, 5.41) is 11.6. The van der Waals surface area contributed by atoms with Gasteiger partial charge in [0.15, 0.2) is 16.7 Å².